The quantitative estimate of drug-likeness (QED) is 0.881. The molecule has 96 valence electrons. The van der Waals surface area contributed by atoms with Gasteiger partial charge in [0.15, 0.2) is 0 Å². The molecule has 0 saturated heterocycles. The standard InChI is InChI=1S/C12H17N5O/c1-8-11(9(2)17(4)15-8)12(18)16(3)7-10-13-5-6-14-10/h5-6H,7H2,1-4H3,(H,13,14). The minimum Gasteiger partial charge on any atom is -0.347 e. The molecule has 2 aromatic rings. The van der Waals surface area contributed by atoms with Gasteiger partial charge in [0.1, 0.15) is 5.82 Å². The van der Waals surface area contributed by atoms with E-state index in [1.54, 1.807) is 29.0 Å². The SMILES string of the molecule is Cc1nn(C)c(C)c1C(=O)N(C)Cc1ncc[nH]1. The van der Waals surface area contributed by atoms with E-state index >= 15 is 0 Å². The maximum atomic E-state index is 12.4. The van der Waals surface area contributed by atoms with Crippen LogP contribution in [0.1, 0.15) is 27.6 Å². The third-order valence-electron chi connectivity index (χ3n) is 3.01. The van der Waals surface area contributed by atoms with Crippen LogP contribution in [0.15, 0.2) is 12.4 Å². The third-order valence-corrected chi connectivity index (χ3v) is 3.01. The molecule has 0 atom stereocenters. The number of carbonyl (C=O) groups is 1. The molecule has 6 nitrogen and oxygen atoms in total. The van der Waals surface area contributed by atoms with Crippen molar-refractivity contribution in [1.29, 1.82) is 0 Å². The van der Waals surface area contributed by atoms with E-state index in [9.17, 15) is 4.79 Å². The van der Waals surface area contributed by atoms with Crippen molar-refractivity contribution in [3.05, 3.63) is 35.2 Å². The van der Waals surface area contributed by atoms with Gasteiger partial charge in [-0.15, -0.1) is 0 Å². The van der Waals surface area contributed by atoms with Crippen LogP contribution in [0.2, 0.25) is 0 Å². The fourth-order valence-electron chi connectivity index (χ4n) is 1.95. The second-order valence-electron chi connectivity index (χ2n) is 4.37. The normalized spacial score (nSPS) is 10.7. The lowest BCUT2D eigenvalue weighted by Gasteiger charge is -2.15. The summed E-state index contributed by atoms with van der Waals surface area (Å²) in [5, 5.41) is 4.26. The maximum Gasteiger partial charge on any atom is 0.257 e. The Balaban J connectivity index is 2.20. The van der Waals surface area contributed by atoms with Crippen molar-refractivity contribution in [2.75, 3.05) is 7.05 Å². The van der Waals surface area contributed by atoms with Crippen molar-refractivity contribution in [2.45, 2.75) is 20.4 Å². The number of aromatic amines is 1. The molecular formula is C12H17N5O. The van der Waals surface area contributed by atoms with E-state index in [2.05, 4.69) is 15.1 Å². The minimum absolute atomic E-state index is 0.0329. The van der Waals surface area contributed by atoms with Crippen LogP contribution < -0.4 is 0 Å². The minimum atomic E-state index is -0.0329. The highest BCUT2D eigenvalue weighted by atomic mass is 16.2. The Morgan fingerprint density at radius 1 is 1.50 bits per heavy atom. The van der Waals surface area contributed by atoms with E-state index in [1.807, 2.05) is 20.9 Å². The predicted octanol–water partition coefficient (Wildman–Crippen LogP) is 1.03. The van der Waals surface area contributed by atoms with Crippen molar-refractivity contribution >= 4 is 5.91 Å². The molecule has 2 heterocycles. The van der Waals surface area contributed by atoms with Gasteiger partial charge in [0.25, 0.3) is 5.91 Å². The molecule has 0 saturated carbocycles. The summed E-state index contributed by atoms with van der Waals surface area (Å²) in [5.41, 5.74) is 2.31. The summed E-state index contributed by atoms with van der Waals surface area (Å²) in [6.07, 6.45) is 3.42. The Morgan fingerprint density at radius 2 is 2.22 bits per heavy atom. The van der Waals surface area contributed by atoms with Gasteiger partial charge in [-0.3, -0.25) is 9.48 Å². The lowest BCUT2D eigenvalue weighted by atomic mass is 10.1. The number of nitrogens with one attached hydrogen (secondary N) is 1. The number of aryl methyl sites for hydroxylation is 2. The smallest absolute Gasteiger partial charge is 0.257 e. The van der Waals surface area contributed by atoms with Crippen LogP contribution in [0.3, 0.4) is 0 Å². The molecule has 0 aliphatic rings. The lowest BCUT2D eigenvalue weighted by Crippen LogP contribution is -2.27. The van der Waals surface area contributed by atoms with Crippen LogP contribution in [0.25, 0.3) is 0 Å². The largest absolute Gasteiger partial charge is 0.347 e. The first-order valence-electron chi connectivity index (χ1n) is 5.74. The highest BCUT2D eigenvalue weighted by molar-refractivity contribution is 5.96. The fraction of sp³-hybridized carbons (Fsp3) is 0.417. The van der Waals surface area contributed by atoms with Crippen molar-refractivity contribution in [3.63, 3.8) is 0 Å². The molecule has 0 aliphatic carbocycles. The second kappa shape index (κ2) is 4.64. The average molecular weight is 247 g/mol. The molecule has 0 unspecified atom stereocenters. The van der Waals surface area contributed by atoms with E-state index in [0.29, 0.717) is 12.1 Å². The molecule has 18 heavy (non-hydrogen) atoms. The van der Waals surface area contributed by atoms with Crippen LogP contribution in [0.5, 0.6) is 0 Å². The number of hydrogen-bond acceptors (Lipinski definition) is 3. The van der Waals surface area contributed by atoms with Gasteiger partial charge < -0.3 is 9.88 Å². The van der Waals surface area contributed by atoms with Crippen molar-refractivity contribution in [1.82, 2.24) is 24.6 Å². The van der Waals surface area contributed by atoms with E-state index in [1.165, 1.54) is 0 Å². The number of carbonyl (C=O) groups excluding carboxylic acids is 1. The zero-order chi connectivity index (χ0) is 13.3. The summed E-state index contributed by atoms with van der Waals surface area (Å²) in [4.78, 5) is 21.1. The number of imidazole rings is 1. The van der Waals surface area contributed by atoms with Gasteiger partial charge in [-0.2, -0.15) is 5.10 Å². The molecule has 1 amide bonds. The highest BCUT2D eigenvalue weighted by Crippen LogP contribution is 2.14. The van der Waals surface area contributed by atoms with Gasteiger partial charge in [-0.1, -0.05) is 0 Å². The lowest BCUT2D eigenvalue weighted by molar-refractivity contribution is 0.0780. The summed E-state index contributed by atoms with van der Waals surface area (Å²) < 4.78 is 1.73. The van der Waals surface area contributed by atoms with Gasteiger partial charge >= 0.3 is 0 Å². The van der Waals surface area contributed by atoms with Gasteiger partial charge in [-0.25, -0.2) is 4.98 Å². The Bertz CT molecular complexity index is 555. The van der Waals surface area contributed by atoms with E-state index in [0.717, 1.165) is 17.2 Å². The van der Waals surface area contributed by atoms with Crippen molar-refractivity contribution < 1.29 is 4.79 Å². The monoisotopic (exact) mass is 247 g/mol. The summed E-state index contributed by atoms with van der Waals surface area (Å²) in [6.45, 7) is 4.20. The number of hydrogen-bond donors (Lipinski definition) is 1. The second-order valence-corrected chi connectivity index (χ2v) is 4.37. The van der Waals surface area contributed by atoms with E-state index < -0.39 is 0 Å². The third kappa shape index (κ3) is 2.13. The van der Waals surface area contributed by atoms with Crippen LogP contribution in [-0.2, 0) is 13.6 Å². The first-order valence-corrected chi connectivity index (χ1v) is 5.74. The number of rotatable bonds is 3. The molecule has 2 aromatic heterocycles. The van der Waals surface area contributed by atoms with Crippen molar-refractivity contribution in [3.8, 4) is 0 Å². The van der Waals surface area contributed by atoms with Crippen LogP contribution >= 0.6 is 0 Å². The van der Waals surface area contributed by atoms with Gasteiger partial charge in [0.05, 0.1) is 17.8 Å². The zero-order valence-electron chi connectivity index (χ0n) is 11.1. The van der Waals surface area contributed by atoms with Gasteiger partial charge in [-0.05, 0) is 13.8 Å². The van der Waals surface area contributed by atoms with Crippen LogP contribution in [0, 0.1) is 13.8 Å². The summed E-state index contributed by atoms with van der Waals surface area (Å²) in [6, 6.07) is 0. The van der Waals surface area contributed by atoms with Crippen LogP contribution in [-0.4, -0.2) is 37.6 Å². The maximum absolute atomic E-state index is 12.4. The Labute approximate surface area is 106 Å². The fourth-order valence-corrected chi connectivity index (χ4v) is 1.95. The molecule has 0 bridgehead atoms. The average Bonchev–Trinajstić information content (AvgIpc) is 2.88. The molecule has 0 spiro atoms. The Kier molecular flexibility index (Phi) is 3.18. The van der Waals surface area contributed by atoms with Gasteiger partial charge in [0.2, 0.25) is 0 Å². The molecule has 2 rings (SSSR count). The summed E-state index contributed by atoms with van der Waals surface area (Å²) >= 11 is 0. The number of amides is 1. The topological polar surface area (TPSA) is 66.8 Å². The first kappa shape index (κ1) is 12.3. The summed E-state index contributed by atoms with van der Waals surface area (Å²) in [7, 11) is 3.60. The molecule has 0 aliphatic heterocycles. The number of aromatic nitrogens is 4. The molecule has 0 radical (unpaired) electrons. The van der Waals surface area contributed by atoms with E-state index in [4.69, 9.17) is 0 Å². The first-order chi connectivity index (χ1) is 8.50. The Hall–Kier alpha value is -2.11. The molecule has 0 fully saturated rings. The van der Waals surface area contributed by atoms with E-state index in [-0.39, 0.29) is 5.91 Å². The summed E-state index contributed by atoms with van der Waals surface area (Å²) in [5.74, 6) is 0.736. The zero-order valence-corrected chi connectivity index (χ0v) is 11.1. The highest BCUT2D eigenvalue weighted by Gasteiger charge is 2.21. The number of nitrogens with zero attached hydrogens (tertiary/aromatic N) is 4. The van der Waals surface area contributed by atoms with Gasteiger partial charge in [0, 0.05) is 32.2 Å². The molecule has 0 aromatic carbocycles. The predicted molar refractivity (Wildman–Crippen MR) is 67.1 cm³/mol. The number of H-pyrrole nitrogens is 1. The molecule has 1 N–H and O–H groups in total. The molecule has 6 heteroatoms. The molecular weight excluding hydrogens is 230 g/mol. The Morgan fingerprint density at radius 3 is 2.72 bits per heavy atom. The van der Waals surface area contributed by atoms with Crippen molar-refractivity contribution in [2.24, 2.45) is 7.05 Å². The van der Waals surface area contributed by atoms with Crippen LogP contribution in [0.4, 0.5) is 0 Å².